The lowest BCUT2D eigenvalue weighted by atomic mass is 10.2. The summed E-state index contributed by atoms with van der Waals surface area (Å²) in [6.07, 6.45) is 3.82. The van der Waals surface area contributed by atoms with Crippen LogP contribution in [-0.4, -0.2) is 35.1 Å². The van der Waals surface area contributed by atoms with Crippen molar-refractivity contribution >= 4 is 17.6 Å². The number of rotatable bonds is 4. The zero-order chi connectivity index (χ0) is 17.6. The first kappa shape index (κ1) is 17.1. The number of hydrogen-bond donors (Lipinski definition) is 2. The van der Waals surface area contributed by atoms with Gasteiger partial charge in [0.1, 0.15) is 11.9 Å². The highest BCUT2D eigenvalue weighted by Gasteiger charge is 2.23. The van der Waals surface area contributed by atoms with E-state index >= 15 is 0 Å². The molecule has 0 saturated carbocycles. The Hall–Kier alpha value is -2.70. The predicted octanol–water partition coefficient (Wildman–Crippen LogP) is 2.29. The molecule has 2 heterocycles. The normalized spacial score (nSPS) is 17.8. The number of aryl methyl sites for hydroxylation is 1. The van der Waals surface area contributed by atoms with Crippen LogP contribution in [0.1, 0.15) is 24.8 Å². The molecule has 25 heavy (non-hydrogen) atoms. The molecule has 0 spiro atoms. The lowest BCUT2D eigenvalue weighted by Gasteiger charge is -2.23. The average molecular weight is 343 g/mol. The summed E-state index contributed by atoms with van der Waals surface area (Å²) in [5.74, 6) is 0.939. The Morgan fingerprint density at radius 2 is 2.12 bits per heavy atom. The second kappa shape index (κ2) is 7.92. The van der Waals surface area contributed by atoms with E-state index in [2.05, 4.69) is 15.3 Å². The van der Waals surface area contributed by atoms with Crippen molar-refractivity contribution in [2.45, 2.75) is 31.9 Å². The van der Waals surface area contributed by atoms with Crippen molar-refractivity contribution < 1.29 is 9.53 Å². The number of carbonyl (C=O) groups is 1. The molecule has 2 aromatic rings. The number of nitrogens with zero attached hydrogens (tertiary/aromatic N) is 3. The number of carbonyl (C=O) groups excluding carboxylic acids is 1. The average Bonchev–Trinajstić information content (AvgIpc) is 2.81. The van der Waals surface area contributed by atoms with Crippen molar-refractivity contribution in [3.63, 3.8) is 0 Å². The van der Waals surface area contributed by atoms with E-state index in [1.54, 1.807) is 10.9 Å². The molecule has 1 aliphatic rings. The molecule has 1 fully saturated rings. The van der Waals surface area contributed by atoms with Crippen LogP contribution < -0.4 is 16.0 Å². The molecule has 1 atom stereocenters. The Kier molecular flexibility index (Phi) is 5.42. The number of benzene rings is 1. The summed E-state index contributed by atoms with van der Waals surface area (Å²) in [5, 5.41) is 7.01. The van der Waals surface area contributed by atoms with E-state index in [0.29, 0.717) is 12.2 Å². The zero-order valence-corrected chi connectivity index (χ0v) is 14.5. The quantitative estimate of drug-likeness (QED) is 0.890. The van der Waals surface area contributed by atoms with Gasteiger partial charge in [0.25, 0.3) is 0 Å². The van der Waals surface area contributed by atoms with E-state index in [0.717, 1.165) is 43.7 Å². The van der Waals surface area contributed by atoms with E-state index in [-0.39, 0.29) is 12.2 Å². The molecule has 7 heteroatoms. The van der Waals surface area contributed by atoms with Crippen LogP contribution in [0.2, 0.25) is 0 Å². The molecule has 0 unspecified atom stereocenters. The topological polar surface area (TPSA) is 85.4 Å². The fourth-order valence-electron chi connectivity index (χ4n) is 3.19. The highest BCUT2D eigenvalue weighted by atomic mass is 16.6. The van der Waals surface area contributed by atoms with Gasteiger partial charge in [-0.1, -0.05) is 30.3 Å². The number of nitrogen functional groups attached to an aromatic ring is 1. The van der Waals surface area contributed by atoms with Crippen molar-refractivity contribution in [2.24, 2.45) is 7.05 Å². The molecular formula is C18H25N5O2. The van der Waals surface area contributed by atoms with Gasteiger partial charge in [-0.05, 0) is 18.4 Å². The molecule has 3 rings (SSSR count). The van der Waals surface area contributed by atoms with E-state index in [1.807, 2.05) is 37.4 Å². The van der Waals surface area contributed by atoms with Gasteiger partial charge in [-0.15, -0.1) is 0 Å². The summed E-state index contributed by atoms with van der Waals surface area (Å²) in [5.41, 5.74) is 7.75. The van der Waals surface area contributed by atoms with Gasteiger partial charge >= 0.3 is 6.09 Å². The number of nitrogens with two attached hydrogens (primary N) is 1. The van der Waals surface area contributed by atoms with Crippen LogP contribution in [0.4, 0.5) is 16.3 Å². The number of nitrogens with one attached hydrogen (secondary N) is 1. The Labute approximate surface area is 147 Å². The van der Waals surface area contributed by atoms with Gasteiger partial charge < -0.3 is 20.7 Å². The number of hydrogen-bond acceptors (Lipinski definition) is 5. The van der Waals surface area contributed by atoms with Crippen LogP contribution in [0.3, 0.4) is 0 Å². The predicted molar refractivity (Wildman–Crippen MR) is 97.2 cm³/mol. The van der Waals surface area contributed by atoms with E-state index in [9.17, 15) is 4.79 Å². The van der Waals surface area contributed by atoms with Crippen molar-refractivity contribution in [3.8, 4) is 0 Å². The SMILES string of the molecule is Cn1ncc(N)c1N1CCC[C@@H](OC(=O)NCc2ccccc2)CC1. The lowest BCUT2D eigenvalue weighted by Crippen LogP contribution is -2.30. The molecule has 0 bridgehead atoms. The number of anilines is 2. The molecule has 1 saturated heterocycles. The molecule has 1 amide bonds. The van der Waals surface area contributed by atoms with Gasteiger partial charge in [0.15, 0.2) is 0 Å². The molecule has 134 valence electrons. The van der Waals surface area contributed by atoms with E-state index < -0.39 is 0 Å². The van der Waals surface area contributed by atoms with Crippen LogP contribution >= 0.6 is 0 Å². The van der Waals surface area contributed by atoms with Gasteiger partial charge in [-0.2, -0.15) is 5.10 Å². The third-order valence-electron chi connectivity index (χ3n) is 4.46. The van der Waals surface area contributed by atoms with Crippen molar-refractivity contribution in [2.75, 3.05) is 23.7 Å². The van der Waals surface area contributed by atoms with Crippen molar-refractivity contribution in [1.29, 1.82) is 0 Å². The van der Waals surface area contributed by atoms with Gasteiger partial charge in [0.2, 0.25) is 0 Å². The third kappa shape index (κ3) is 4.43. The minimum Gasteiger partial charge on any atom is -0.446 e. The van der Waals surface area contributed by atoms with E-state index in [4.69, 9.17) is 10.5 Å². The van der Waals surface area contributed by atoms with Gasteiger partial charge in [-0.3, -0.25) is 4.68 Å². The molecule has 7 nitrogen and oxygen atoms in total. The summed E-state index contributed by atoms with van der Waals surface area (Å²) in [6, 6.07) is 9.80. The molecule has 1 aromatic heterocycles. The third-order valence-corrected chi connectivity index (χ3v) is 4.46. The van der Waals surface area contributed by atoms with Crippen LogP contribution in [-0.2, 0) is 18.3 Å². The van der Waals surface area contributed by atoms with Gasteiger partial charge in [-0.25, -0.2) is 4.79 Å². The summed E-state index contributed by atoms with van der Waals surface area (Å²) in [4.78, 5) is 14.3. The van der Waals surface area contributed by atoms with Crippen LogP contribution in [0.25, 0.3) is 0 Å². The second-order valence-corrected chi connectivity index (χ2v) is 6.33. The number of alkyl carbamates (subject to hydrolysis) is 1. The first-order valence-corrected chi connectivity index (χ1v) is 8.64. The molecule has 0 aliphatic carbocycles. The maximum absolute atomic E-state index is 12.0. The number of amides is 1. The summed E-state index contributed by atoms with van der Waals surface area (Å²) >= 11 is 0. The Morgan fingerprint density at radius 1 is 1.32 bits per heavy atom. The van der Waals surface area contributed by atoms with E-state index in [1.165, 1.54) is 0 Å². The maximum atomic E-state index is 12.0. The molecule has 0 radical (unpaired) electrons. The fraction of sp³-hybridized carbons (Fsp3) is 0.444. The summed E-state index contributed by atoms with van der Waals surface area (Å²) in [6.45, 7) is 2.15. The maximum Gasteiger partial charge on any atom is 0.407 e. The largest absolute Gasteiger partial charge is 0.446 e. The Bertz CT molecular complexity index is 681. The zero-order valence-electron chi connectivity index (χ0n) is 14.5. The summed E-state index contributed by atoms with van der Waals surface area (Å²) < 4.78 is 7.38. The summed E-state index contributed by atoms with van der Waals surface area (Å²) in [7, 11) is 1.89. The minimum absolute atomic E-state index is 0.0739. The first-order chi connectivity index (χ1) is 12.1. The lowest BCUT2D eigenvalue weighted by molar-refractivity contribution is 0.0904. The molecule has 3 N–H and O–H groups in total. The van der Waals surface area contributed by atoms with Crippen molar-refractivity contribution in [1.82, 2.24) is 15.1 Å². The van der Waals surface area contributed by atoms with Crippen LogP contribution in [0, 0.1) is 0 Å². The minimum atomic E-state index is -0.359. The van der Waals surface area contributed by atoms with Crippen molar-refractivity contribution in [3.05, 3.63) is 42.1 Å². The first-order valence-electron chi connectivity index (χ1n) is 8.64. The molecular weight excluding hydrogens is 318 g/mol. The van der Waals surface area contributed by atoms with Crippen LogP contribution in [0.5, 0.6) is 0 Å². The standard InChI is InChI=1S/C18H25N5O2/c1-22-17(16(19)13-21-22)23-10-5-8-15(9-11-23)25-18(24)20-12-14-6-3-2-4-7-14/h2-4,6-7,13,15H,5,8-12,19H2,1H3,(H,20,24)/t15-/m1/s1. The Morgan fingerprint density at radius 3 is 2.84 bits per heavy atom. The number of aromatic nitrogens is 2. The van der Waals surface area contributed by atoms with Gasteiger partial charge in [0, 0.05) is 33.1 Å². The Balaban J connectivity index is 1.49. The highest BCUT2D eigenvalue weighted by Crippen LogP contribution is 2.25. The monoisotopic (exact) mass is 343 g/mol. The van der Waals surface area contributed by atoms with Crippen LogP contribution in [0.15, 0.2) is 36.5 Å². The smallest absolute Gasteiger partial charge is 0.407 e. The molecule has 1 aliphatic heterocycles. The second-order valence-electron chi connectivity index (χ2n) is 6.33. The fourth-order valence-corrected chi connectivity index (χ4v) is 3.19. The number of ether oxygens (including phenoxy) is 1. The highest BCUT2D eigenvalue weighted by molar-refractivity contribution is 5.67. The van der Waals surface area contributed by atoms with Gasteiger partial charge in [0.05, 0.1) is 11.9 Å². The molecule has 1 aromatic carbocycles.